The Morgan fingerprint density at radius 2 is 1.91 bits per heavy atom. The average molecular weight is 348 g/mol. The summed E-state index contributed by atoms with van der Waals surface area (Å²) in [5.74, 6) is -0.546. The first-order chi connectivity index (χ1) is 10.6. The predicted molar refractivity (Wildman–Crippen MR) is 74.3 cm³/mol. The van der Waals surface area contributed by atoms with Crippen LogP contribution < -0.4 is 0 Å². The third kappa shape index (κ3) is 3.77. The van der Waals surface area contributed by atoms with Gasteiger partial charge in [-0.3, -0.25) is 14.9 Å². The third-order valence-electron chi connectivity index (χ3n) is 3.09. The third-order valence-corrected chi connectivity index (χ3v) is 3.43. The van der Waals surface area contributed by atoms with Crippen molar-refractivity contribution in [1.29, 1.82) is 0 Å². The van der Waals surface area contributed by atoms with E-state index in [1.807, 2.05) is 0 Å². The van der Waals surface area contributed by atoms with Gasteiger partial charge in [0.25, 0.3) is 0 Å². The fourth-order valence-corrected chi connectivity index (χ4v) is 2.40. The smallest absolute Gasteiger partial charge is 0.289 e. The second-order valence-electron chi connectivity index (χ2n) is 4.67. The molecule has 0 amide bonds. The minimum absolute atomic E-state index is 0.110. The molecule has 0 saturated carbocycles. The number of nitrogens with zero attached hydrogens (tertiary/aromatic N) is 1. The van der Waals surface area contributed by atoms with Crippen LogP contribution in [0.15, 0.2) is 53.1 Å². The van der Waals surface area contributed by atoms with Crippen LogP contribution >= 0.6 is 11.6 Å². The number of rotatable bonds is 4. The molecule has 0 aliphatic heterocycles. The van der Waals surface area contributed by atoms with Crippen molar-refractivity contribution >= 4 is 17.4 Å². The molecule has 0 bridgehead atoms. The Balaban J connectivity index is 2.34. The quantitative estimate of drug-likeness (QED) is 0.359. The van der Waals surface area contributed by atoms with E-state index < -0.39 is 29.2 Å². The molecule has 122 valence electrons. The molecule has 1 atom stereocenters. The first-order valence-corrected chi connectivity index (χ1v) is 6.61. The number of nitro groups is 1. The zero-order valence-corrected chi connectivity index (χ0v) is 12.1. The monoisotopic (exact) mass is 347 g/mol. The highest BCUT2D eigenvalue weighted by atomic mass is 35.5. The van der Waals surface area contributed by atoms with Gasteiger partial charge < -0.3 is 0 Å². The molecular weight excluding hydrogens is 339 g/mol. The van der Waals surface area contributed by atoms with Gasteiger partial charge in [0, 0.05) is 22.2 Å². The fourth-order valence-electron chi connectivity index (χ4n) is 2.06. The lowest BCUT2D eigenvalue weighted by atomic mass is 9.94. The summed E-state index contributed by atoms with van der Waals surface area (Å²) >= 11 is 5.84. The van der Waals surface area contributed by atoms with Crippen LogP contribution in [0.5, 0.6) is 0 Å². The van der Waals surface area contributed by atoms with Gasteiger partial charge in [0.2, 0.25) is 0 Å². The van der Waals surface area contributed by atoms with Crippen LogP contribution in [-0.4, -0.2) is 22.8 Å². The molecule has 1 unspecified atom stereocenters. The molecule has 0 heterocycles. The topological polar surface area (TPSA) is 69.4 Å². The largest absolute Gasteiger partial charge is 0.528 e. The number of carbonyl (C=O) groups excluding carboxylic acids is 1. The molecule has 1 aromatic carbocycles. The number of ether oxygens (including phenoxy) is 1. The van der Waals surface area contributed by atoms with Gasteiger partial charge >= 0.3 is 12.1 Å². The van der Waals surface area contributed by atoms with Crippen LogP contribution in [0.25, 0.3) is 0 Å². The lowest BCUT2D eigenvalue weighted by molar-refractivity contribution is -0.642. The molecule has 5 nitrogen and oxygen atoms in total. The highest BCUT2D eigenvalue weighted by molar-refractivity contribution is 6.33. The Morgan fingerprint density at radius 3 is 2.39 bits per heavy atom. The summed E-state index contributed by atoms with van der Waals surface area (Å²) in [7, 11) is 0. The lowest BCUT2D eigenvalue weighted by Gasteiger charge is -2.26. The van der Waals surface area contributed by atoms with Crippen molar-refractivity contribution in [3.63, 3.8) is 0 Å². The van der Waals surface area contributed by atoms with Gasteiger partial charge in [-0.05, 0) is 6.08 Å². The van der Waals surface area contributed by atoms with E-state index >= 15 is 0 Å². The van der Waals surface area contributed by atoms with E-state index in [1.165, 1.54) is 12.1 Å². The van der Waals surface area contributed by atoms with Crippen LogP contribution in [0.1, 0.15) is 16.8 Å². The van der Waals surface area contributed by atoms with E-state index in [0.717, 1.165) is 6.08 Å². The second-order valence-corrected chi connectivity index (χ2v) is 5.13. The molecule has 23 heavy (non-hydrogen) atoms. The Bertz CT molecular complexity index is 700. The number of halogens is 4. The zero-order chi connectivity index (χ0) is 17.3. The number of ketones is 1. The maximum absolute atomic E-state index is 12.4. The maximum atomic E-state index is 12.4. The summed E-state index contributed by atoms with van der Waals surface area (Å²) in [5, 5.41) is 10.6. The Hall–Kier alpha value is -2.19. The number of hydrogen-bond donors (Lipinski definition) is 0. The van der Waals surface area contributed by atoms with Crippen LogP contribution in [0.2, 0.25) is 0 Å². The minimum Gasteiger partial charge on any atom is -0.289 e. The number of allylic oxidation sites excluding steroid dienone is 2. The highest BCUT2D eigenvalue weighted by Gasteiger charge is 2.53. The second kappa shape index (κ2) is 6.13. The molecular formula is C14H9ClF3NO4. The van der Waals surface area contributed by atoms with Gasteiger partial charge in [-0.2, -0.15) is 0 Å². The van der Waals surface area contributed by atoms with Crippen molar-refractivity contribution in [3.05, 3.63) is 68.8 Å². The summed E-state index contributed by atoms with van der Waals surface area (Å²) in [4.78, 5) is 22.0. The van der Waals surface area contributed by atoms with Crippen LogP contribution in [-0.2, 0) is 4.74 Å². The van der Waals surface area contributed by atoms with Crippen molar-refractivity contribution in [2.45, 2.75) is 18.5 Å². The Morgan fingerprint density at radius 1 is 1.30 bits per heavy atom. The van der Waals surface area contributed by atoms with Crippen molar-refractivity contribution in [3.8, 4) is 0 Å². The molecule has 0 radical (unpaired) electrons. The molecule has 0 saturated heterocycles. The first-order valence-electron chi connectivity index (χ1n) is 6.24. The number of benzene rings is 1. The molecule has 0 aromatic heterocycles. The predicted octanol–water partition coefficient (Wildman–Crippen LogP) is 3.83. The molecule has 2 rings (SSSR count). The van der Waals surface area contributed by atoms with Gasteiger partial charge in [-0.15, -0.1) is 13.2 Å². The number of carbonyl (C=O) groups is 1. The van der Waals surface area contributed by atoms with E-state index in [-0.39, 0.29) is 16.2 Å². The summed E-state index contributed by atoms with van der Waals surface area (Å²) in [6.45, 7) is 0. The normalized spacial score (nSPS) is 21.4. The molecule has 1 aliphatic carbocycles. The van der Waals surface area contributed by atoms with Crippen molar-refractivity contribution < 1.29 is 27.6 Å². The first kappa shape index (κ1) is 17.2. The van der Waals surface area contributed by atoms with Gasteiger partial charge in [0.05, 0.1) is 11.3 Å². The van der Waals surface area contributed by atoms with E-state index in [4.69, 9.17) is 11.6 Å². The summed E-state index contributed by atoms with van der Waals surface area (Å²) in [5.41, 5.74) is -2.73. The van der Waals surface area contributed by atoms with Crippen LogP contribution in [0.4, 0.5) is 13.2 Å². The van der Waals surface area contributed by atoms with E-state index in [2.05, 4.69) is 4.74 Å². The lowest BCUT2D eigenvalue weighted by Crippen LogP contribution is -2.45. The fraction of sp³-hybridized carbons (Fsp3) is 0.214. The number of Topliss-reactive ketones (excluding diaryl/α,β-unsaturated/α-hetero) is 1. The Kier molecular flexibility index (Phi) is 4.58. The summed E-state index contributed by atoms with van der Waals surface area (Å²) in [6, 6.07) is 7.87. The minimum atomic E-state index is -5.23. The zero-order valence-electron chi connectivity index (χ0n) is 11.3. The number of hydrogen-bond acceptors (Lipinski definition) is 4. The van der Waals surface area contributed by atoms with Crippen LogP contribution in [0.3, 0.4) is 0 Å². The summed E-state index contributed by atoms with van der Waals surface area (Å²) < 4.78 is 40.8. The van der Waals surface area contributed by atoms with Gasteiger partial charge in [0.15, 0.2) is 5.78 Å². The van der Waals surface area contributed by atoms with Crippen molar-refractivity contribution in [1.82, 2.24) is 0 Å². The number of alkyl halides is 3. The molecule has 0 fully saturated rings. The molecule has 9 heteroatoms. The highest BCUT2D eigenvalue weighted by Crippen LogP contribution is 2.38. The van der Waals surface area contributed by atoms with Crippen molar-refractivity contribution in [2.75, 3.05) is 0 Å². The Labute approximate surface area is 133 Å². The van der Waals surface area contributed by atoms with Gasteiger partial charge in [0.1, 0.15) is 0 Å². The van der Waals surface area contributed by atoms with E-state index in [9.17, 15) is 28.1 Å². The molecule has 1 aromatic rings. The van der Waals surface area contributed by atoms with Gasteiger partial charge in [-0.1, -0.05) is 41.9 Å². The summed E-state index contributed by atoms with van der Waals surface area (Å²) in [6.07, 6.45) is -4.65. The molecule has 1 aliphatic rings. The molecule has 0 N–H and O–H groups in total. The standard InChI is InChI=1S/C14H9ClF3NO4/c15-11-8-13(19(21)22,23-14(16,17)18)7-6-10(11)12(20)9-4-2-1-3-5-9/h1-7H,8H2. The maximum Gasteiger partial charge on any atom is 0.528 e. The van der Waals surface area contributed by atoms with Crippen molar-refractivity contribution in [2.24, 2.45) is 0 Å². The van der Waals surface area contributed by atoms with Crippen LogP contribution in [0, 0.1) is 10.1 Å². The molecule has 0 spiro atoms. The average Bonchev–Trinajstić information content (AvgIpc) is 2.46. The van der Waals surface area contributed by atoms with Gasteiger partial charge in [-0.25, -0.2) is 4.74 Å². The van der Waals surface area contributed by atoms with E-state index in [1.54, 1.807) is 18.2 Å². The van der Waals surface area contributed by atoms with E-state index in [0.29, 0.717) is 6.08 Å². The SMILES string of the molecule is O=C(C1=C(Cl)CC(OC(F)(F)F)([N+](=O)[O-])C=C1)c1ccccc1.